The number of rotatable bonds is 11. The zero-order valence-corrected chi connectivity index (χ0v) is 23.6. The second-order valence-corrected chi connectivity index (χ2v) is 10.5. The van der Waals surface area contributed by atoms with Crippen LogP contribution in [0.5, 0.6) is 5.75 Å². The molecule has 4 aromatic rings. The number of aliphatic hydroxyl groups is 1. The van der Waals surface area contributed by atoms with Crippen molar-refractivity contribution in [1.29, 1.82) is 0 Å². The van der Waals surface area contributed by atoms with Crippen molar-refractivity contribution in [2.45, 2.75) is 55.9 Å². The fourth-order valence-electron chi connectivity index (χ4n) is 5.30. The fraction of sp³-hybridized carbons (Fsp3) is 0.345. The number of carbonyl (C=O) groups is 2. The SMILES string of the molecule is COc1ccc(C[C@H](N)C(=O)N[C@@H]2[C@@H](C)O[C@@H](n3cnc4c(N)ncnc43)[C@]2(O)NC(Cc2ccccc2)C(=O)O)cc1. The molecule has 2 aromatic heterocycles. The second-order valence-electron chi connectivity index (χ2n) is 10.5. The lowest BCUT2D eigenvalue weighted by atomic mass is 9.96. The van der Waals surface area contributed by atoms with E-state index in [0.29, 0.717) is 5.75 Å². The number of nitrogens with two attached hydrogens (primary N) is 2. The predicted octanol–water partition coefficient (Wildman–Crippen LogP) is 0.363. The largest absolute Gasteiger partial charge is 0.497 e. The van der Waals surface area contributed by atoms with Gasteiger partial charge >= 0.3 is 5.97 Å². The maximum absolute atomic E-state index is 13.4. The van der Waals surface area contributed by atoms with E-state index < -0.39 is 48.1 Å². The molecule has 5 rings (SSSR count). The molecule has 1 fully saturated rings. The Morgan fingerprint density at radius 3 is 2.47 bits per heavy atom. The van der Waals surface area contributed by atoms with Gasteiger partial charge in [-0.25, -0.2) is 15.0 Å². The minimum Gasteiger partial charge on any atom is -0.497 e. The standard InChI is InChI=1S/C29H34N8O6/c1-16-23(35-26(38)20(30)12-18-8-10-19(42-2)11-9-18)29(41,36-21(27(39)40)13-17-6-4-3-5-7-17)28(43-16)37-15-34-22-24(31)32-14-33-25(22)37/h3-11,14-16,20-21,23,28,36,41H,12-13,30H2,1-2H3,(H,35,38)(H,39,40)(H2,31,32,33)/t16-,20+,21?,23-,28-,29+/m1/s1. The average molecular weight is 591 g/mol. The molecule has 0 radical (unpaired) electrons. The zero-order valence-electron chi connectivity index (χ0n) is 23.6. The molecule has 14 nitrogen and oxygen atoms in total. The van der Waals surface area contributed by atoms with Crippen molar-refractivity contribution in [1.82, 2.24) is 30.2 Å². The van der Waals surface area contributed by atoms with Crippen molar-refractivity contribution in [3.05, 3.63) is 78.4 Å². The molecule has 1 saturated heterocycles. The number of anilines is 1. The van der Waals surface area contributed by atoms with Crippen LogP contribution in [0.15, 0.2) is 67.3 Å². The Morgan fingerprint density at radius 1 is 1.09 bits per heavy atom. The number of hydrogen-bond donors (Lipinski definition) is 6. The van der Waals surface area contributed by atoms with Crippen LogP contribution in [0.25, 0.3) is 11.2 Å². The van der Waals surface area contributed by atoms with E-state index in [4.69, 9.17) is 20.9 Å². The molecule has 2 aromatic carbocycles. The number of hydrogen-bond acceptors (Lipinski definition) is 11. The van der Waals surface area contributed by atoms with Crippen LogP contribution in [-0.2, 0) is 27.2 Å². The lowest BCUT2D eigenvalue weighted by Gasteiger charge is -2.37. The molecule has 0 spiro atoms. The Labute approximate surface area is 247 Å². The van der Waals surface area contributed by atoms with E-state index in [1.807, 2.05) is 6.07 Å². The molecule has 1 aliphatic rings. The minimum atomic E-state index is -2.17. The quantitative estimate of drug-likeness (QED) is 0.131. The number of aliphatic carboxylic acids is 1. The Bertz CT molecular complexity index is 1580. The van der Waals surface area contributed by atoms with E-state index in [1.54, 1.807) is 62.6 Å². The van der Waals surface area contributed by atoms with Crippen molar-refractivity contribution in [2.75, 3.05) is 12.8 Å². The van der Waals surface area contributed by atoms with Crippen molar-refractivity contribution in [3.63, 3.8) is 0 Å². The van der Waals surface area contributed by atoms with Gasteiger partial charge in [-0.3, -0.25) is 19.5 Å². The number of imidazole rings is 1. The van der Waals surface area contributed by atoms with Crippen LogP contribution in [0.1, 0.15) is 24.3 Å². The molecular formula is C29H34N8O6. The number of ether oxygens (including phenoxy) is 2. The third-order valence-corrected chi connectivity index (χ3v) is 7.54. The summed E-state index contributed by atoms with van der Waals surface area (Å²) in [4.78, 5) is 38.3. The Hall–Kier alpha value is -4.63. The molecular weight excluding hydrogens is 556 g/mol. The number of carboxylic acid groups (broad SMARTS) is 1. The molecule has 8 N–H and O–H groups in total. The van der Waals surface area contributed by atoms with Gasteiger partial charge < -0.3 is 36.5 Å². The van der Waals surface area contributed by atoms with Gasteiger partial charge in [0, 0.05) is 0 Å². The van der Waals surface area contributed by atoms with E-state index >= 15 is 0 Å². The first-order valence-electron chi connectivity index (χ1n) is 13.6. The number of carbonyl (C=O) groups excluding carboxylic acids is 1. The van der Waals surface area contributed by atoms with Gasteiger partial charge in [-0.2, -0.15) is 0 Å². The van der Waals surface area contributed by atoms with Crippen LogP contribution in [0.2, 0.25) is 0 Å². The summed E-state index contributed by atoms with van der Waals surface area (Å²) in [6.45, 7) is 1.65. The summed E-state index contributed by atoms with van der Waals surface area (Å²) in [7, 11) is 1.56. The Kier molecular flexibility index (Phi) is 8.54. The van der Waals surface area contributed by atoms with E-state index in [1.165, 1.54) is 17.2 Å². The molecule has 0 bridgehead atoms. The van der Waals surface area contributed by atoms with Crippen LogP contribution in [-0.4, -0.2) is 78.7 Å². The number of aromatic nitrogens is 4. The highest BCUT2D eigenvalue weighted by molar-refractivity contribution is 5.83. The number of fused-ring (bicyclic) bond motifs is 1. The van der Waals surface area contributed by atoms with Gasteiger partial charge in [0.05, 0.1) is 25.6 Å². The third-order valence-electron chi connectivity index (χ3n) is 7.54. The molecule has 14 heteroatoms. The van der Waals surface area contributed by atoms with Crippen LogP contribution >= 0.6 is 0 Å². The first kappa shape index (κ1) is 29.8. The lowest BCUT2D eigenvalue weighted by molar-refractivity contribution is -0.149. The van der Waals surface area contributed by atoms with Gasteiger partial charge in [0.2, 0.25) is 5.91 Å². The second kappa shape index (κ2) is 12.3. The predicted molar refractivity (Wildman–Crippen MR) is 156 cm³/mol. The van der Waals surface area contributed by atoms with Crippen LogP contribution in [0, 0.1) is 0 Å². The number of benzene rings is 2. The smallest absolute Gasteiger partial charge is 0.321 e. The molecule has 43 heavy (non-hydrogen) atoms. The van der Waals surface area contributed by atoms with Crippen molar-refractivity contribution < 1.29 is 29.3 Å². The van der Waals surface area contributed by atoms with Crippen molar-refractivity contribution in [2.24, 2.45) is 5.73 Å². The van der Waals surface area contributed by atoms with E-state index in [0.717, 1.165) is 11.1 Å². The van der Waals surface area contributed by atoms with Gasteiger partial charge in [0.1, 0.15) is 29.7 Å². The number of nitrogens with one attached hydrogen (secondary N) is 2. The molecule has 0 saturated carbocycles. The summed E-state index contributed by atoms with van der Waals surface area (Å²) in [6.07, 6.45) is 0.781. The summed E-state index contributed by atoms with van der Waals surface area (Å²) < 4.78 is 12.8. The average Bonchev–Trinajstić information content (AvgIpc) is 3.53. The molecule has 3 heterocycles. The monoisotopic (exact) mass is 590 g/mol. The maximum Gasteiger partial charge on any atom is 0.321 e. The molecule has 1 unspecified atom stereocenters. The zero-order chi connectivity index (χ0) is 30.7. The molecule has 226 valence electrons. The van der Waals surface area contributed by atoms with Crippen molar-refractivity contribution in [3.8, 4) is 5.75 Å². The molecule has 0 aliphatic carbocycles. The number of amides is 1. The highest BCUT2D eigenvalue weighted by Crippen LogP contribution is 2.39. The minimum absolute atomic E-state index is 0.0387. The normalized spacial score (nSPS) is 23.1. The van der Waals surface area contributed by atoms with Gasteiger partial charge in [-0.15, -0.1) is 0 Å². The first-order valence-corrected chi connectivity index (χ1v) is 13.6. The molecule has 1 amide bonds. The Balaban J connectivity index is 1.46. The van der Waals surface area contributed by atoms with Gasteiger partial charge in [-0.05, 0) is 43.0 Å². The van der Waals surface area contributed by atoms with Crippen LogP contribution < -0.4 is 26.8 Å². The van der Waals surface area contributed by atoms with E-state index in [9.17, 15) is 19.8 Å². The third kappa shape index (κ3) is 6.12. The topological polar surface area (TPSA) is 213 Å². The number of nitrogens with zero attached hydrogens (tertiary/aromatic N) is 4. The van der Waals surface area contributed by atoms with E-state index in [-0.39, 0.29) is 29.8 Å². The number of carboxylic acids is 1. The van der Waals surface area contributed by atoms with Gasteiger partial charge in [-0.1, -0.05) is 42.5 Å². The molecule has 1 aliphatic heterocycles. The summed E-state index contributed by atoms with van der Waals surface area (Å²) in [6, 6.07) is 12.7. The highest BCUT2D eigenvalue weighted by Gasteiger charge is 2.58. The summed E-state index contributed by atoms with van der Waals surface area (Å²) >= 11 is 0. The van der Waals surface area contributed by atoms with Crippen LogP contribution in [0.4, 0.5) is 5.82 Å². The maximum atomic E-state index is 13.4. The van der Waals surface area contributed by atoms with E-state index in [2.05, 4.69) is 25.6 Å². The highest BCUT2D eigenvalue weighted by atomic mass is 16.5. The van der Waals surface area contributed by atoms with Gasteiger partial charge in [0.15, 0.2) is 23.4 Å². The van der Waals surface area contributed by atoms with Crippen molar-refractivity contribution >= 4 is 28.9 Å². The lowest BCUT2D eigenvalue weighted by Crippen LogP contribution is -2.67. The summed E-state index contributed by atoms with van der Waals surface area (Å²) in [5.74, 6) is -0.982. The fourth-order valence-corrected chi connectivity index (χ4v) is 5.30. The van der Waals surface area contributed by atoms with Gasteiger partial charge in [0.25, 0.3) is 0 Å². The number of methoxy groups -OCH3 is 1. The summed E-state index contributed by atoms with van der Waals surface area (Å²) in [5.41, 5.74) is 12.1. The summed E-state index contributed by atoms with van der Waals surface area (Å²) in [5, 5.41) is 28.2. The molecule has 6 atom stereocenters. The Morgan fingerprint density at radius 2 is 1.79 bits per heavy atom. The number of nitrogen functional groups attached to an aromatic ring is 1. The first-order chi connectivity index (χ1) is 20.6. The van der Waals surface area contributed by atoms with Crippen LogP contribution in [0.3, 0.4) is 0 Å².